The monoisotopic (exact) mass is 329 g/mol. The molecule has 0 spiro atoms. The van der Waals surface area contributed by atoms with E-state index in [9.17, 15) is 18.0 Å². The van der Waals surface area contributed by atoms with Gasteiger partial charge in [0, 0.05) is 12.8 Å². The number of para-hydroxylation sites is 2. The fourth-order valence-corrected chi connectivity index (χ4v) is 1.84. The molecule has 0 aliphatic rings. The van der Waals surface area contributed by atoms with E-state index >= 15 is 0 Å². The molecule has 0 bridgehead atoms. The Labute approximate surface area is 129 Å². The second-order valence-corrected chi connectivity index (χ2v) is 4.62. The van der Waals surface area contributed by atoms with E-state index in [0.29, 0.717) is 11.4 Å². The third kappa shape index (κ3) is 4.70. The first-order valence-electron chi connectivity index (χ1n) is 6.73. The Hall–Kier alpha value is -2.58. The normalized spacial score (nSPS) is 11.3. The van der Waals surface area contributed by atoms with Crippen molar-refractivity contribution in [1.29, 1.82) is 0 Å². The maximum Gasteiger partial charge on any atom is 0.471 e. The number of carbonyl (C=O) groups excluding carboxylic acids is 1. The Kier molecular flexibility index (Phi) is 5.20. The fourth-order valence-electron chi connectivity index (χ4n) is 1.84. The summed E-state index contributed by atoms with van der Waals surface area (Å²) >= 11 is 0. The van der Waals surface area contributed by atoms with Crippen molar-refractivity contribution in [1.82, 2.24) is 10.1 Å². The predicted octanol–water partition coefficient (Wildman–Crippen LogP) is 3.06. The Balaban J connectivity index is 1.82. The highest BCUT2D eigenvalue weighted by Gasteiger charge is 2.38. The summed E-state index contributed by atoms with van der Waals surface area (Å²) in [6, 6.07) is 6.90. The lowest BCUT2D eigenvalue weighted by Gasteiger charge is -2.09. The molecule has 2 rings (SSSR count). The number of ether oxygens (including phenoxy) is 1. The number of hydrogen-bond donors (Lipinski definition) is 1. The van der Waals surface area contributed by atoms with Crippen LogP contribution in [0.2, 0.25) is 0 Å². The van der Waals surface area contributed by atoms with E-state index in [1.807, 2.05) is 0 Å². The molecule has 0 fully saturated rings. The Morgan fingerprint density at radius 2 is 2.09 bits per heavy atom. The molecule has 2 aromatic rings. The van der Waals surface area contributed by atoms with Crippen LogP contribution >= 0.6 is 0 Å². The summed E-state index contributed by atoms with van der Waals surface area (Å²) in [5.41, 5.74) is 0.527. The number of anilines is 1. The maximum absolute atomic E-state index is 12.3. The third-order valence-electron chi connectivity index (χ3n) is 2.90. The lowest BCUT2D eigenvalue weighted by Crippen LogP contribution is -2.12. The van der Waals surface area contributed by atoms with Gasteiger partial charge in [-0.25, -0.2) is 0 Å². The number of amides is 1. The van der Waals surface area contributed by atoms with Crippen molar-refractivity contribution >= 4 is 11.6 Å². The molecule has 23 heavy (non-hydrogen) atoms. The van der Waals surface area contributed by atoms with Gasteiger partial charge in [0.25, 0.3) is 0 Å². The number of aryl methyl sites for hydroxylation is 1. The molecule has 9 heteroatoms. The van der Waals surface area contributed by atoms with Crippen molar-refractivity contribution in [2.24, 2.45) is 0 Å². The lowest BCUT2D eigenvalue weighted by atomic mass is 10.2. The molecule has 0 unspecified atom stereocenters. The number of hydrogen-bond acceptors (Lipinski definition) is 5. The summed E-state index contributed by atoms with van der Waals surface area (Å²) in [5.74, 6) is -1.23. The first-order chi connectivity index (χ1) is 10.9. The van der Waals surface area contributed by atoms with Gasteiger partial charge in [-0.05, 0) is 18.6 Å². The van der Waals surface area contributed by atoms with E-state index in [1.54, 1.807) is 24.3 Å². The Bertz CT molecular complexity index is 671. The smallest absolute Gasteiger partial charge is 0.471 e. The maximum atomic E-state index is 12.3. The zero-order valence-electron chi connectivity index (χ0n) is 12.2. The van der Waals surface area contributed by atoms with E-state index in [4.69, 9.17) is 4.74 Å². The largest absolute Gasteiger partial charge is 0.495 e. The standard InChI is InChI=1S/C14H14F3N3O3/c1-22-10-6-3-2-5-9(10)18-12(21)8-4-7-11-19-13(23-20-11)14(15,16)17/h2-3,5-6H,4,7-8H2,1H3,(H,18,21). The van der Waals surface area contributed by atoms with E-state index in [-0.39, 0.29) is 31.0 Å². The molecule has 0 aliphatic heterocycles. The fraction of sp³-hybridized carbons (Fsp3) is 0.357. The number of aromatic nitrogens is 2. The lowest BCUT2D eigenvalue weighted by molar-refractivity contribution is -0.159. The molecule has 0 saturated carbocycles. The molecule has 1 amide bonds. The first-order valence-corrected chi connectivity index (χ1v) is 6.73. The van der Waals surface area contributed by atoms with Crippen LogP contribution in [-0.2, 0) is 17.4 Å². The summed E-state index contributed by atoms with van der Waals surface area (Å²) in [7, 11) is 1.49. The third-order valence-corrected chi connectivity index (χ3v) is 2.90. The number of alkyl halides is 3. The second-order valence-electron chi connectivity index (χ2n) is 4.62. The van der Waals surface area contributed by atoms with Crippen LogP contribution in [0, 0.1) is 0 Å². The van der Waals surface area contributed by atoms with Gasteiger partial charge < -0.3 is 14.6 Å². The van der Waals surface area contributed by atoms with Crippen LogP contribution in [0.25, 0.3) is 0 Å². The van der Waals surface area contributed by atoms with Gasteiger partial charge in [-0.1, -0.05) is 17.3 Å². The van der Waals surface area contributed by atoms with Crippen molar-refractivity contribution in [3.63, 3.8) is 0 Å². The topological polar surface area (TPSA) is 77.2 Å². The van der Waals surface area contributed by atoms with E-state index < -0.39 is 12.1 Å². The van der Waals surface area contributed by atoms with Gasteiger partial charge in [-0.2, -0.15) is 18.2 Å². The molecular weight excluding hydrogens is 315 g/mol. The zero-order valence-corrected chi connectivity index (χ0v) is 12.2. The average Bonchev–Trinajstić information content (AvgIpc) is 2.97. The second kappa shape index (κ2) is 7.12. The van der Waals surface area contributed by atoms with Gasteiger partial charge in [-0.15, -0.1) is 0 Å². The molecule has 1 aromatic heterocycles. The predicted molar refractivity (Wildman–Crippen MR) is 73.9 cm³/mol. The Morgan fingerprint density at radius 1 is 1.35 bits per heavy atom. The van der Waals surface area contributed by atoms with Crippen LogP contribution in [0.1, 0.15) is 24.6 Å². The molecule has 0 radical (unpaired) electrons. The summed E-state index contributed by atoms with van der Waals surface area (Å²) in [4.78, 5) is 15.1. The highest BCUT2D eigenvalue weighted by Crippen LogP contribution is 2.27. The number of benzene rings is 1. The van der Waals surface area contributed by atoms with Gasteiger partial charge in [0.15, 0.2) is 5.82 Å². The van der Waals surface area contributed by atoms with E-state index in [1.165, 1.54) is 7.11 Å². The van der Waals surface area contributed by atoms with Crippen molar-refractivity contribution in [3.8, 4) is 5.75 Å². The van der Waals surface area contributed by atoms with Gasteiger partial charge in [0.05, 0.1) is 12.8 Å². The summed E-state index contributed by atoms with van der Waals surface area (Å²) < 4.78 is 46.1. The summed E-state index contributed by atoms with van der Waals surface area (Å²) in [5, 5.41) is 5.90. The summed E-state index contributed by atoms with van der Waals surface area (Å²) in [6.45, 7) is 0. The molecule has 6 nitrogen and oxygen atoms in total. The van der Waals surface area contributed by atoms with Crippen LogP contribution in [-0.4, -0.2) is 23.2 Å². The minimum Gasteiger partial charge on any atom is -0.495 e. The van der Waals surface area contributed by atoms with Gasteiger partial charge in [-0.3, -0.25) is 4.79 Å². The molecule has 0 aliphatic carbocycles. The highest BCUT2D eigenvalue weighted by molar-refractivity contribution is 5.92. The quantitative estimate of drug-likeness (QED) is 0.881. The molecule has 1 aromatic carbocycles. The van der Waals surface area contributed by atoms with Crippen LogP contribution < -0.4 is 10.1 Å². The van der Waals surface area contributed by atoms with Crippen molar-refractivity contribution < 1.29 is 27.2 Å². The molecule has 1 heterocycles. The highest BCUT2D eigenvalue weighted by atomic mass is 19.4. The van der Waals surface area contributed by atoms with Crippen LogP contribution in [0.4, 0.5) is 18.9 Å². The van der Waals surface area contributed by atoms with Gasteiger partial charge >= 0.3 is 12.1 Å². The SMILES string of the molecule is COc1ccccc1NC(=O)CCCc1noc(C(F)(F)F)n1. The zero-order chi connectivity index (χ0) is 16.9. The van der Waals surface area contributed by atoms with E-state index in [2.05, 4.69) is 20.0 Å². The number of carbonyl (C=O) groups is 1. The van der Waals surface area contributed by atoms with Crippen molar-refractivity contribution in [2.75, 3.05) is 12.4 Å². The van der Waals surface area contributed by atoms with Gasteiger partial charge in [0.1, 0.15) is 5.75 Å². The molecule has 124 valence electrons. The molecular formula is C14H14F3N3O3. The molecule has 0 atom stereocenters. The number of rotatable bonds is 6. The van der Waals surface area contributed by atoms with Crippen LogP contribution in [0.15, 0.2) is 28.8 Å². The Morgan fingerprint density at radius 3 is 2.74 bits per heavy atom. The first kappa shape index (κ1) is 16.8. The van der Waals surface area contributed by atoms with Crippen LogP contribution in [0.3, 0.4) is 0 Å². The number of methoxy groups -OCH3 is 1. The minimum absolute atomic E-state index is 0.0811. The summed E-state index contributed by atoms with van der Waals surface area (Å²) in [6.07, 6.45) is -4.16. The van der Waals surface area contributed by atoms with Crippen LogP contribution in [0.5, 0.6) is 5.75 Å². The molecule has 1 N–H and O–H groups in total. The molecule has 0 saturated heterocycles. The number of halogens is 3. The van der Waals surface area contributed by atoms with Gasteiger partial charge in [0.2, 0.25) is 5.91 Å². The van der Waals surface area contributed by atoms with E-state index in [0.717, 1.165) is 0 Å². The van der Waals surface area contributed by atoms with Crippen molar-refractivity contribution in [2.45, 2.75) is 25.4 Å². The number of nitrogens with zero attached hydrogens (tertiary/aromatic N) is 2. The van der Waals surface area contributed by atoms with Crippen molar-refractivity contribution in [3.05, 3.63) is 36.0 Å². The average molecular weight is 329 g/mol. The number of nitrogens with one attached hydrogen (secondary N) is 1. The minimum atomic E-state index is -4.66.